The molecule has 2 rings (SSSR count). The normalized spacial score (nSPS) is 15.5. The van der Waals surface area contributed by atoms with Crippen molar-refractivity contribution in [1.29, 1.82) is 0 Å². The van der Waals surface area contributed by atoms with Crippen LogP contribution in [0.5, 0.6) is 0 Å². The van der Waals surface area contributed by atoms with E-state index in [1.54, 1.807) is 6.07 Å². The fraction of sp³-hybridized carbons (Fsp3) is 0.333. The summed E-state index contributed by atoms with van der Waals surface area (Å²) >= 11 is 0. The standard InChI is InChI=1S/C12H13NO3/c13-11(14)8-4-5-9(12(15)16)10(6-8)7-2-1-3-7/h4-7H,1-3H2,(H2,13,14)(H,15,16). The van der Waals surface area contributed by atoms with Gasteiger partial charge in [0.15, 0.2) is 0 Å². The molecule has 4 nitrogen and oxygen atoms in total. The molecule has 1 saturated carbocycles. The van der Waals surface area contributed by atoms with E-state index in [2.05, 4.69) is 0 Å². The minimum Gasteiger partial charge on any atom is -0.478 e. The van der Waals surface area contributed by atoms with Gasteiger partial charge >= 0.3 is 5.97 Å². The molecule has 0 radical (unpaired) electrons. The molecule has 84 valence electrons. The van der Waals surface area contributed by atoms with Gasteiger partial charge in [0.05, 0.1) is 5.56 Å². The zero-order valence-electron chi connectivity index (χ0n) is 8.77. The Morgan fingerprint density at radius 1 is 1.31 bits per heavy atom. The molecule has 1 aromatic carbocycles. The Morgan fingerprint density at radius 3 is 2.44 bits per heavy atom. The highest BCUT2D eigenvalue weighted by atomic mass is 16.4. The molecular formula is C12H13NO3. The maximum absolute atomic E-state index is 11.0. The first-order chi connectivity index (χ1) is 7.59. The average molecular weight is 219 g/mol. The summed E-state index contributed by atoms with van der Waals surface area (Å²) < 4.78 is 0. The van der Waals surface area contributed by atoms with Gasteiger partial charge in [0, 0.05) is 5.56 Å². The van der Waals surface area contributed by atoms with E-state index < -0.39 is 11.9 Å². The van der Waals surface area contributed by atoms with Crippen molar-refractivity contribution in [2.75, 3.05) is 0 Å². The topological polar surface area (TPSA) is 80.4 Å². The van der Waals surface area contributed by atoms with Crippen molar-refractivity contribution >= 4 is 11.9 Å². The van der Waals surface area contributed by atoms with Crippen molar-refractivity contribution in [2.24, 2.45) is 5.73 Å². The van der Waals surface area contributed by atoms with Crippen LogP contribution >= 0.6 is 0 Å². The van der Waals surface area contributed by atoms with Crippen molar-refractivity contribution in [3.05, 3.63) is 34.9 Å². The minimum absolute atomic E-state index is 0.269. The number of benzene rings is 1. The van der Waals surface area contributed by atoms with Gasteiger partial charge in [0.1, 0.15) is 0 Å². The lowest BCUT2D eigenvalue weighted by Gasteiger charge is -2.27. The summed E-state index contributed by atoms with van der Waals surface area (Å²) in [4.78, 5) is 22.1. The molecule has 0 aromatic heterocycles. The van der Waals surface area contributed by atoms with Crippen molar-refractivity contribution in [3.8, 4) is 0 Å². The van der Waals surface area contributed by atoms with Crippen LogP contribution in [0.1, 0.15) is 51.5 Å². The van der Waals surface area contributed by atoms with Gasteiger partial charge in [-0.25, -0.2) is 4.79 Å². The van der Waals surface area contributed by atoms with Gasteiger partial charge in [0.2, 0.25) is 5.91 Å². The minimum atomic E-state index is -0.946. The Bertz CT molecular complexity index is 450. The summed E-state index contributed by atoms with van der Waals surface area (Å²) in [6.07, 6.45) is 3.09. The van der Waals surface area contributed by atoms with Gasteiger partial charge in [-0.3, -0.25) is 4.79 Å². The van der Waals surface area contributed by atoms with Crippen molar-refractivity contribution in [2.45, 2.75) is 25.2 Å². The number of carbonyl (C=O) groups is 2. The molecule has 0 spiro atoms. The molecule has 1 amide bonds. The van der Waals surface area contributed by atoms with E-state index in [9.17, 15) is 9.59 Å². The Morgan fingerprint density at radius 2 is 2.00 bits per heavy atom. The molecule has 1 aliphatic rings. The van der Waals surface area contributed by atoms with E-state index in [0.717, 1.165) is 24.8 Å². The molecule has 16 heavy (non-hydrogen) atoms. The fourth-order valence-electron chi connectivity index (χ4n) is 1.97. The second kappa shape index (κ2) is 3.96. The second-order valence-electron chi connectivity index (χ2n) is 4.10. The van der Waals surface area contributed by atoms with Gasteiger partial charge in [-0.1, -0.05) is 6.42 Å². The summed E-state index contributed by atoms with van der Waals surface area (Å²) in [6.45, 7) is 0. The van der Waals surface area contributed by atoms with Gasteiger partial charge in [-0.05, 0) is 42.5 Å². The highest BCUT2D eigenvalue weighted by molar-refractivity contribution is 5.96. The molecule has 1 aromatic rings. The molecule has 1 aliphatic carbocycles. The van der Waals surface area contributed by atoms with E-state index in [4.69, 9.17) is 10.8 Å². The lowest BCUT2D eigenvalue weighted by molar-refractivity contribution is 0.0693. The number of hydrogen-bond acceptors (Lipinski definition) is 2. The molecule has 1 fully saturated rings. The van der Waals surface area contributed by atoms with Crippen LogP contribution in [0, 0.1) is 0 Å². The number of carboxylic acids is 1. The van der Waals surface area contributed by atoms with E-state index in [0.29, 0.717) is 5.56 Å². The predicted octanol–water partition coefficient (Wildman–Crippen LogP) is 1.75. The Hall–Kier alpha value is -1.84. The van der Waals surface area contributed by atoms with E-state index in [1.807, 2.05) is 0 Å². The van der Waals surface area contributed by atoms with Gasteiger partial charge in [-0.15, -0.1) is 0 Å². The monoisotopic (exact) mass is 219 g/mol. The molecule has 0 unspecified atom stereocenters. The maximum atomic E-state index is 11.0. The van der Waals surface area contributed by atoms with Crippen LogP contribution in [0.15, 0.2) is 18.2 Å². The van der Waals surface area contributed by atoms with E-state index >= 15 is 0 Å². The Kier molecular flexibility index (Phi) is 2.64. The smallest absolute Gasteiger partial charge is 0.335 e. The molecule has 4 heteroatoms. The quantitative estimate of drug-likeness (QED) is 0.812. The third-order valence-corrected chi connectivity index (χ3v) is 3.11. The highest BCUT2D eigenvalue weighted by Crippen LogP contribution is 2.38. The maximum Gasteiger partial charge on any atom is 0.335 e. The van der Waals surface area contributed by atoms with E-state index in [1.165, 1.54) is 12.1 Å². The third kappa shape index (κ3) is 1.78. The number of nitrogens with two attached hydrogens (primary N) is 1. The Balaban J connectivity index is 2.46. The molecule has 0 bridgehead atoms. The number of primary amides is 1. The van der Waals surface area contributed by atoms with Gasteiger partial charge in [0.25, 0.3) is 0 Å². The van der Waals surface area contributed by atoms with Crippen molar-refractivity contribution < 1.29 is 14.7 Å². The molecule has 0 saturated heterocycles. The zero-order valence-corrected chi connectivity index (χ0v) is 8.77. The van der Waals surface area contributed by atoms with Gasteiger partial charge in [-0.2, -0.15) is 0 Å². The number of carbonyl (C=O) groups excluding carboxylic acids is 1. The molecule has 0 atom stereocenters. The Labute approximate surface area is 93.1 Å². The van der Waals surface area contributed by atoms with Crippen molar-refractivity contribution in [1.82, 2.24) is 0 Å². The van der Waals surface area contributed by atoms with E-state index in [-0.39, 0.29) is 11.5 Å². The number of aromatic carboxylic acids is 1. The lowest BCUT2D eigenvalue weighted by atomic mass is 9.77. The van der Waals surface area contributed by atoms with Crippen LogP contribution in [0.2, 0.25) is 0 Å². The summed E-state index contributed by atoms with van der Waals surface area (Å²) in [5, 5.41) is 9.05. The van der Waals surface area contributed by atoms with Gasteiger partial charge < -0.3 is 10.8 Å². The summed E-state index contributed by atoms with van der Waals surface area (Å²) in [7, 11) is 0. The fourth-order valence-corrected chi connectivity index (χ4v) is 1.97. The predicted molar refractivity (Wildman–Crippen MR) is 58.5 cm³/mol. The van der Waals surface area contributed by atoms with Crippen LogP contribution in [-0.4, -0.2) is 17.0 Å². The third-order valence-electron chi connectivity index (χ3n) is 3.11. The molecule has 3 N–H and O–H groups in total. The zero-order chi connectivity index (χ0) is 11.7. The summed E-state index contributed by atoms with van der Waals surface area (Å²) in [6, 6.07) is 4.56. The number of amides is 1. The molecule has 0 heterocycles. The molecule has 0 aliphatic heterocycles. The molecular weight excluding hydrogens is 206 g/mol. The number of carboxylic acid groups (broad SMARTS) is 1. The lowest BCUT2D eigenvalue weighted by Crippen LogP contribution is -2.17. The van der Waals surface area contributed by atoms with Crippen molar-refractivity contribution in [3.63, 3.8) is 0 Å². The number of hydrogen-bond donors (Lipinski definition) is 2. The highest BCUT2D eigenvalue weighted by Gasteiger charge is 2.25. The number of rotatable bonds is 3. The van der Waals surface area contributed by atoms with Crippen LogP contribution in [0.25, 0.3) is 0 Å². The average Bonchev–Trinajstić information content (AvgIpc) is 2.14. The van der Waals surface area contributed by atoms with Crippen LogP contribution in [0.3, 0.4) is 0 Å². The second-order valence-corrected chi connectivity index (χ2v) is 4.10. The SMILES string of the molecule is NC(=O)c1ccc(C(=O)O)c(C2CCC2)c1. The van der Waals surface area contributed by atoms with Crippen LogP contribution < -0.4 is 5.73 Å². The van der Waals surface area contributed by atoms with Crippen LogP contribution in [-0.2, 0) is 0 Å². The van der Waals surface area contributed by atoms with Crippen LogP contribution in [0.4, 0.5) is 0 Å². The first-order valence-electron chi connectivity index (χ1n) is 5.26. The summed E-state index contributed by atoms with van der Waals surface area (Å²) in [5.41, 5.74) is 6.60. The first-order valence-corrected chi connectivity index (χ1v) is 5.26. The largest absolute Gasteiger partial charge is 0.478 e. The first kappa shape index (κ1) is 10.7. The summed E-state index contributed by atoms with van der Waals surface area (Å²) in [5.74, 6) is -1.19.